The van der Waals surface area contributed by atoms with Crippen LogP contribution in [-0.2, 0) is 23.4 Å². The Morgan fingerprint density at radius 3 is 2.00 bits per heavy atom. The summed E-state index contributed by atoms with van der Waals surface area (Å²) in [6.07, 6.45) is 1.82. The quantitative estimate of drug-likeness (QED) is 0.667. The Labute approximate surface area is 84.5 Å². The van der Waals surface area contributed by atoms with Gasteiger partial charge in [-0.15, -0.1) is 0 Å². The summed E-state index contributed by atoms with van der Waals surface area (Å²) in [4.78, 5) is 12.1. The molecular formula is C9H10NOV-. The summed E-state index contributed by atoms with van der Waals surface area (Å²) in [5, 5.41) is 0. The molecule has 0 aliphatic carbocycles. The molecule has 0 fully saturated rings. The molecule has 1 radical (unpaired) electrons. The fourth-order valence-electron chi connectivity index (χ4n) is 0.828. The van der Waals surface area contributed by atoms with Gasteiger partial charge in [0.1, 0.15) is 0 Å². The zero-order chi connectivity index (χ0) is 8.27. The minimum absolute atomic E-state index is 0. The van der Waals surface area contributed by atoms with Crippen molar-refractivity contribution in [2.45, 2.75) is 0 Å². The normalized spacial score (nSPS) is 8.50. The van der Waals surface area contributed by atoms with Crippen molar-refractivity contribution in [1.82, 2.24) is 0 Å². The Morgan fingerprint density at radius 2 is 1.67 bits per heavy atom. The molecule has 1 rings (SSSR count). The van der Waals surface area contributed by atoms with Crippen molar-refractivity contribution in [3.8, 4) is 0 Å². The standard InChI is InChI=1S/C9H10NO.V/c1-10(2)9-5-3-8(7-11)4-6-9;/h3-6H,1-2H3;/q-1;. The first kappa shape index (κ1) is 11.3. The molecule has 0 amide bonds. The number of carbonyl (C=O) groups excluding carboxylic acids is 1. The molecular weight excluding hydrogens is 189 g/mol. The SMILES string of the molecule is CN(C)c1ccc([C-]=O)cc1.[V]. The molecule has 1 aromatic carbocycles. The van der Waals surface area contributed by atoms with E-state index in [1.165, 1.54) is 0 Å². The van der Waals surface area contributed by atoms with Gasteiger partial charge in [0, 0.05) is 38.3 Å². The number of hydrogen-bond donors (Lipinski definition) is 0. The van der Waals surface area contributed by atoms with E-state index in [0.717, 1.165) is 5.69 Å². The largest absolute Gasteiger partial charge is 0.379 e. The Balaban J connectivity index is 0.00000121. The molecule has 0 atom stereocenters. The van der Waals surface area contributed by atoms with Crippen molar-refractivity contribution >= 4 is 12.0 Å². The van der Waals surface area contributed by atoms with Crippen molar-refractivity contribution in [1.29, 1.82) is 0 Å². The number of anilines is 1. The second kappa shape index (κ2) is 5.02. The van der Waals surface area contributed by atoms with Crippen LogP contribution in [0.3, 0.4) is 0 Å². The first-order valence-electron chi connectivity index (χ1n) is 3.39. The van der Waals surface area contributed by atoms with Gasteiger partial charge < -0.3 is 9.69 Å². The van der Waals surface area contributed by atoms with E-state index in [1.54, 1.807) is 12.1 Å². The summed E-state index contributed by atoms with van der Waals surface area (Å²) in [5.74, 6) is 0. The molecule has 3 heteroatoms. The first-order valence-corrected chi connectivity index (χ1v) is 3.39. The molecule has 0 saturated carbocycles. The van der Waals surface area contributed by atoms with Crippen molar-refractivity contribution in [2.75, 3.05) is 19.0 Å². The van der Waals surface area contributed by atoms with Gasteiger partial charge in [-0.05, 0) is 0 Å². The molecule has 63 valence electrons. The van der Waals surface area contributed by atoms with E-state index in [9.17, 15) is 4.79 Å². The molecule has 0 aromatic heterocycles. The van der Waals surface area contributed by atoms with Crippen LogP contribution in [0.1, 0.15) is 5.56 Å². The minimum atomic E-state index is 0. The average molecular weight is 199 g/mol. The van der Waals surface area contributed by atoms with Gasteiger partial charge in [-0.1, -0.05) is 12.1 Å². The summed E-state index contributed by atoms with van der Waals surface area (Å²) >= 11 is 0. The number of benzene rings is 1. The van der Waals surface area contributed by atoms with Crippen LogP contribution in [0.5, 0.6) is 0 Å². The molecule has 0 aliphatic rings. The van der Waals surface area contributed by atoms with E-state index in [1.807, 2.05) is 37.4 Å². The molecule has 0 bridgehead atoms. The maximum atomic E-state index is 10.1. The minimum Gasteiger partial charge on any atom is -0.379 e. The van der Waals surface area contributed by atoms with Crippen LogP contribution in [0.2, 0.25) is 0 Å². The van der Waals surface area contributed by atoms with Gasteiger partial charge in [0.15, 0.2) is 0 Å². The van der Waals surface area contributed by atoms with Crippen LogP contribution in [0.15, 0.2) is 24.3 Å². The number of nitrogens with zero attached hydrogens (tertiary/aromatic N) is 1. The molecule has 0 heterocycles. The Kier molecular flexibility index (Phi) is 4.71. The van der Waals surface area contributed by atoms with Crippen LogP contribution in [0.25, 0.3) is 0 Å². The van der Waals surface area contributed by atoms with Gasteiger partial charge in [0.05, 0.1) is 6.29 Å². The summed E-state index contributed by atoms with van der Waals surface area (Å²) in [6.45, 7) is 0. The van der Waals surface area contributed by atoms with Crippen molar-refractivity contribution < 1.29 is 23.4 Å². The van der Waals surface area contributed by atoms with Gasteiger partial charge in [-0.2, -0.15) is 17.7 Å². The summed E-state index contributed by atoms with van der Waals surface area (Å²) in [6, 6.07) is 7.28. The van der Waals surface area contributed by atoms with E-state index < -0.39 is 0 Å². The maximum absolute atomic E-state index is 10.1. The topological polar surface area (TPSA) is 20.3 Å². The fourth-order valence-corrected chi connectivity index (χ4v) is 0.828. The van der Waals surface area contributed by atoms with Crippen molar-refractivity contribution in [3.05, 3.63) is 29.8 Å². The van der Waals surface area contributed by atoms with Crippen LogP contribution in [-0.4, -0.2) is 20.4 Å². The maximum Gasteiger partial charge on any atom is 0.0627 e. The van der Waals surface area contributed by atoms with E-state index >= 15 is 0 Å². The van der Waals surface area contributed by atoms with Crippen LogP contribution in [0.4, 0.5) is 5.69 Å². The predicted octanol–water partition coefficient (Wildman–Crippen LogP) is 1.21. The van der Waals surface area contributed by atoms with Crippen LogP contribution in [0, 0.1) is 0 Å². The smallest absolute Gasteiger partial charge is 0.0627 e. The molecule has 0 N–H and O–H groups in total. The van der Waals surface area contributed by atoms with Crippen LogP contribution < -0.4 is 4.90 Å². The van der Waals surface area contributed by atoms with Crippen molar-refractivity contribution in [3.63, 3.8) is 0 Å². The first-order chi connectivity index (χ1) is 5.24. The molecule has 0 spiro atoms. The predicted molar refractivity (Wildman–Crippen MR) is 45.6 cm³/mol. The Bertz CT molecular complexity index is 243. The fraction of sp³-hybridized carbons (Fsp3) is 0.222. The van der Waals surface area contributed by atoms with Gasteiger partial charge >= 0.3 is 0 Å². The average Bonchev–Trinajstić information content (AvgIpc) is 2.05. The zero-order valence-corrected chi connectivity index (χ0v) is 8.51. The van der Waals surface area contributed by atoms with E-state index in [2.05, 4.69) is 0 Å². The second-order valence-electron chi connectivity index (χ2n) is 2.54. The van der Waals surface area contributed by atoms with Crippen molar-refractivity contribution in [2.24, 2.45) is 0 Å². The van der Waals surface area contributed by atoms with E-state index in [0.29, 0.717) is 5.56 Å². The molecule has 2 nitrogen and oxygen atoms in total. The third-order valence-electron chi connectivity index (χ3n) is 1.50. The van der Waals surface area contributed by atoms with Crippen LogP contribution >= 0.6 is 0 Å². The monoisotopic (exact) mass is 199 g/mol. The second-order valence-corrected chi connectivity index (χ2v) is 2.54. The Hall–Kier alpha value is -0.726. The number of hydrogen-bond acceptors (Lipinski definition) is 2. The van der Waals surface area contributed by atoms with Gasteiger partial charge in [-0.25, -0.2) is 0 Å². The van der Waals surface area contributed by atoms with Gasteiger partial charge in [-0.3, -0.25) is 0 Å². The molecule has 0 unspecified atom stereocenters. The molecule has 1 aromatic rings. The summed E-state index contributed by atoms with van der Waals surface area (Å²) < 4.78 is 0. The van der Waals surface area contributed by atoms with E-state index in [4.69, 9.17) is 0 Å². The number of rotatable bonds is 2. The summed E-state index contributed by atoms with van der Waals surface area (Å²) in [7, 11) is 3.92. The zero-order valence-electron chi connectivity index (χ0n) is 7.11. The Morgan fingerprint density at radius 1 is 1.17 bits per heavy atom. The third kappa shape index (κ3) is 2.72. The summed E-state index contributed by atoms with van der Waals surface area (Å²) in [5.41, 5.74) is 1.68. The van der Waals surface area contributed by atoms with E-state index in [-0.39, 0.29) is 18.6 Å². The molecule has 12 heavy (non-hydrogen) atoms. The van der Waals surface area contributed by atoms with Gasteiger partial charge in [0.2, 0.25) is 0 Å². The molecule has 0 saturated heterocycles. The van der Waals surface area contributed by atoms with Gasteiger partial charge in [0.25, 0.3) is 0 Å². The third-order valence-corrected chi connectivity index (χ3v) is 1.50. The molecule has 0 aliphatic heterocycles.